The highest BCUT2D eigenvalue weighted by Gasteiger charge is 2.64. The average molecular weight is 805 g/mol. The topological polar surface area (TPSA) is 170 Å². The number of esters is 1. The maximum Gasteiger partial charge on any atom is 0.307 e. The molecule has 1 saturated heterocycles. The number of rotatable bonds is 7. The number of nitrogens with one attached hydrogen (secondary N) is 2. The molecule has 3 amide bonds. The third-order valence-corrected chi connectivity index (χ3v) is 15.1. The molecule has 13 nitrogen and oxygen atoms in total. The van der Waals surface area contributed by atoms with Crippen molar-refractivity contribution in [2.75, 3.05) is 13.7 Å². The normalized spacial score (nSPS) is 30.4. The fraction of sp³-hybridized carbons (Fsp3) is 0.651. The number of aryl methyl sites for hydroxylation is 1. The summed E-state index contributed by atoms with van der Waals surface area (Å²) in [5, 5.41) is 3.94. The summed E-state index contributed by atoms with van der Waals surface area (Å²) in [7, 11) is -2.35. The number of methoxy groups -OCH3 is 1. The summed E-state index contributed by atoms with van der Waals surface area (Å²) in [5.74, 6) is -1.62. The lowest BCUT2D eigenvalue weighted by Gasteiger charge is -2.37. The zero-order valence-electron chi connectivity index (χ0n) is 33.8. The Hall–Kier alpha value is -4.20. The summed E-state index contributed by atoms with van der Waals surface area (Å²) in [5.41, 5.74) is -0.400. The van der Waals surface area contributed by atoms with Gasteiger partial charge in [0, 0.05) is 35.1 Å². The van der Waals surface area contributed by atoms with Crippen LogP contribution in [-0.4, -0.2) is 83.2 Å². The van der Waals surface area contributed by atoms with Gasteiger partial charge in [-0.3, -0.25) is 23.9 Å². The number of allylic oxidation sites excluding steroid dienone is 1. The molecule has 4 fully saturated rings. The molecule has 8 rings (SSSR count). The van der Waals surface area contributed by atoms with Gasteiger partial charge in [0.15, 0.2) is 0 Å². The van der Waals surface area contributed by atoms with Crippen LogP contribution in [-0.2, 0) is 40.4 Å². The molecule has 5 atom stereocenters. The summed E-state index contributed by atoms with van der Waals surface area (Å²) in [6.45, 7) is 7.08. The Morgan fingerprint density at radius 1 is 1.07 bits per heavy atom. The molecular weight excluding hydrogens is 749 g/mol. The number of amides is 3. The van der Waals surface area contributed by atoms with Gasteiger partial charge in [0.1, 0.15) is 34.3 Å². The van der Waals surface area contributed by atoms with Gasteiger partial charge in [0.05, 0.1) is 36.0 Å². The number of nitrogens with zero attached hydrogens (tertiary/aromatic N) is 2. The van der Waals surface area contributed by atoms with E-state index in [1.165, 1.54) is 0 Å². The Morgan fingerprint density at radius 3 is 2.54 bits per heavy atom. The molecule has 1 aromatic carbocycles. The minimum atomic E-state index is -3.98. The second-order valence-electron chi connectivity index (χ2n) is 18.6. The lowest BCUT2D eigenvalue weighted by Crippen LogP contribution is -2.57. The van der Waals surface area contributed by atoms with E-state index in [0.29, 0.717) is 50.0 Å². The van der Waals surface area contributed by atoms with Crippen molar-refractivity contribution in [3.8, 4) is 11.5 Å². The number of fused-ring (bicyclic) bond motifs is 5. The Kier molecular flexibility index (Phi) is 9.92. The molecule has 57 heavy (non-hydrogen) atoms. The highest BCUT2D eigenvalue weighted by atomic mass is 32.2. The maximum absolute atomic E-state index is 14.9. The molecule has 4 heterocycles. The summed E-state index contributed by atoms with van der Waals surface area (Å²) in [6, 6.07) is 4.80. The first-order valence-corrected chi connectivity index (χ1v) is 22.2. The maximum atomic E-state index is 14.9. The minimum Gasteiger partial charge on any atom is -0.497 e. The lowest BCUT2D eigenvalue weighted by molar-refractivity contribution is -0.159. The van der Waals surface area contributed by atoms with Gasteiger partial charge >= 0.3 is 5.97 Å². The van der Waals surface area contributed by atoms with E-state index in [0.717, 1.165) is 54.3 Å². The highest BCUT2D eigenvalue weighted by Crippen LogP contribution is 2.52. The summed E-state index contributed by atoms with van der Waals surface area (Å²) < 4.78 is 46.2. The first-order valence-electron chi connectivity index (χ1n) is 20.7. The van der Waals surface area contributed by atoms with Crippen molar-refractivity contribution in [1.82, 2.24) is 19.9 Å². The number of carbonyl (C=O) groups is 4. The predicted octanol–water partition coefficient (Wildman–Crippen LogP) is 5.53. The van der Waals surface area contributed by atoms with Crippen molar-refractivity contribution in [1.29, 1.82) is 0 Å². The number of benzene rings is 1. The first-order chi connectivity index (χ1) is 27.0. The van der Waals surface area contributed by atoms with Gasteiger partial charge < -0.3 is 24.4 Å². The Labute approximate surface area is 335 Å². The van der Waals surface area contributed by atoms with E-state index in [1.54, 1.807) is 39.7 Å². The van der Waals surface area contributed by atoms with Gasteiger partial charge in [-0.1, -0.05) is 25.0 Å². The molecule has 14 heteroatoms. The number of ether oxygens (including phenoxy) is 3. The number of hydrogen-bond acceptors (Lipinski definition) is 10. The molecule has 3 aliphatic heterocycles. The Morgan fingerprint density at radius 2 is 1.84 bits per heavy atom. The van der Waals surface area contributed by atoms with Crippen LogP contribution >= 0.6 is 0 Å². The second kappa shape index (κ2) is 14.3. The van der Waals surface area contributed by atoms with E-state index < -0.39 is 67.2 Å². The highest BCUT2D eigenvalue weighted by molar-refractivity contribution is 7.91. The molecule has 6 aliphatic rings. The third-order valence-electron chi connectivity index (χ3n) is 12.9. The molecule has 0 bridgehead atoms. The van der Waals surface area contributed by atoms with Crippen molar-refractivity contribution >= 4 is 44.6 Å². The Balaban J connectivity index is 1.15. The number of aromatic nitrogens is 1. The SMILES string of the molecule is COc1ccc2nc(C3CC3)c3c(c2c1)CC[C@@]1(C[C@H]2C(=O)N[C@]4(C(=O)NS(=O)(=O)C5(C)CC5)C[C@H]4/C=C\CCCCC[C@H](CC(=O)OC(C)(C)C)C(=O)N2C1)O3. The molecule has 308 valence electrons. The van der Waals surface area contributed by atoms with E-state index in [2.05, 4.69) is 10.0 Å². The molecular formula is C43H56N4O9S. The number of sulfonamides is 1. The fourth-order valence-corrected chi connectivity index (χ4v) is 10.3. The van der Waals surface area contributed by atoms with Crippen LogP contribution in [0.2, 0.25) is 0 Å². The van der Waals surface area contributed by atoms with Crippen LogP contribution in [0.3, 0.4) is 0 Å². The monoisotopic (exact) mass is 804 g/mol. The minimum absolute atomic E-state index is 0.101. The van der Waals surface area contributed by atoms with Crippen molar-refractivity contribution in [3.05, 3.63) is 41.6 Å². The lowest BCUT2D eigenvalue weighted by atomic mass is 9.86. The number of pyridine rings is 1. The number of hydrogen-bond donors (Lipinski definition) is 2. The van der Waals surface area contributed by atoms with E-state index in [1.807, 2.05) is 30.4 Å². The standard InChI is InChI=1S/C43H56N4O9S/c1-40(2,3)55-34(48)21-27-11-9-7-6-8-10-12-28-23-43(28,39(51)46-57(52,53)41(4)19-20-41)45-37(49)33-24-42(25-47(33)38(27)50)18-17-30-31-22-29(54-5)15-16-32(31)44-35(26-13-14-26)36(30)56-42/h10,12,15-16,22,26-28,33H,6-9,11,13-14,17-21,23-25H2,1-5H3,(H,45,49)(H,46,51)/b12-10-/t27-,28-,33+,42+,43-/m1/s1. The van der Waals surface area contributed by atoms with Crippen molar-refractivity contribution in [3.63, 3.8) is 0 Å². The number of carbonyl (C=O) groups excluding carboxylic acids is 4. The van der Waals surface area contributed by atoms with Crippen LogP contribution in [0.1, 0.15) is 128 Å². The van der Waals surface area contributed by atoms with Crippen molar-refractivity contribution in [2.24, 2.45) is 11.8 Å². The second-order valence-corrected chi connectivity index (χ2v) is 20.8. The molecule has 3 saturated carbocycles. The molecule has 2 aromatic rings. The smallest absolute Gasteiger partial charge is 0.307 e. The van der Waals surface area contributed by atoms with Gasteiger partial charge in [0.25, 0.3) is 5.91 Å². The van der Waals surface area contributed by atoms with Crippen LogP contribution in [0.5, 0.6) is 11.5 Å². The molecule has 0 radical (unpaired) electrons. The van der Waals surface area contributed by atoms with Crippen LogP contribution < -0.4 is 19.5 Å². The van der Waals surface area contributed by atoms with Crippen LogP contribution in [0.25, 0.3) is 10.9 Å². The van der Waals surface area contributed by atoms with Gasteiger partial charge in [-0.2, -0.15) is 0 Å². The van der Waals surface area contributed by atoms with Gasteiger partial charge in [-0.15, -0.1) is 0 Å². The largest absolute Gasteiger partial charge is 0.497 e. The van der Waals surface area contributed by atoms with Gasteiger partial charge in [0.2, 0.25) is 21.8 Å². The zero-order valence-corrected chi connectivity index (χ0v) is 34.6. The van der Waals surface area contributed by atoms with Gasteiger partial charge in [-0.25, -0.2) is 13.4 Å². The van der Waals surface area contributed by atoms with E-state index >= 15 is 0 Å². The molecule has 3 aliphatic carbocycles. The Bertz CT molecular complexity index is 2140. The van der Waals surface area contributed by atoms with Gasteiger partial charge in [-0.05, 0) is 110 Å². The van der Waals surface area contributed by atoms with E-state index in [-0.39, 0.29) is 37.6 Å². The van der Waals surface area contributed by atoms with Crippen molar-refractivity contribution < 1.29 is 41.8 Å². The molecule has 2 N–H and O–H groups in total. The quantitative estimate of drug-likeness (QED) is 0.268. The average Bonchev–Trinajstić information content (AvgIpc) is 4.08. The molecule has 1 aromatic heterocycles. The van der Waals surface area contributed by atoms with E-state index in [4.69, 9.17) is 19.2 Å². The van der Waals surface area contributed by atoms with E-state index in [9.17, 15) is 27.6 Å². The third kappa shape index (κ3) is 7.74. The van der Waals surface area contributed by atoms with Crippen LogP contribution in [0, 0.1) is 11.8 Å². The summed E-state index contributed by atoms with van der Waals surface area (Å²) >= 11 is 0. The predicted molar refractivity (Wildman–Crippen MR) is 212 cm³/mol. The molecule has 0 unspecified atom stereocenters. The zero-order chi connectivity index (χ0) is 40.5. The summed E-state index contributed by atoms with van der Waals surface area (Å²) in [4.78, 5) is 63.6. The van der Waals surface area contributed by atoms with Crippen molar-refractivity contribution in [2.45, 2.75) is 151 Å². The fourth-order valence-electron chi connectivity index (χ4n) is 9.01. The molecule has 1 spiro atoms. The van der Waals surface area contributed by atoms with Crippen LogP contribution in [0.15, 0.2) is 30.4 Å². The summed E-state index contributed by atoms with van der Waals surface area (Å²) in [6.07, 6.45) is 11.7. The van der Waals surface area contributed by atoms with Crippen LogP contribution in [0.4, 0.5) is 0 Å². The first kappa shape index (κ1) is 39.6.